The standard InChI is InChI=1S/C12H13FO3/c1-8-6-9(2-3-11(8)13)12(14)16-10-4-5-15-7-10/h2-3,6,10H,4-5,7H2,1H3/t10-/m0/s1. The van der Waals surface area contributed by atoms with E-state index in [-0.39, 0.29) is 11.9 Å². The largest absolute Gasteiger partial charge is 0.456 e. The number of aryl methyl sites for hydroxylation is 1. The zero-order valence-corrected chi connectivity index (χ0v) is 9.03. The van der Waals surface area contributed by atoms with Gasteiger partial charge in [-0.2, -0.15) is 0 Å². The van der Waals surface area contributed by atoms with Gasteiger partial charge in [0.25, 0.3) is 0 Å². The van der Waals surface area contributed by atoms with Crippen molar-refractivity contribution in [2.75, 3.05) is 13.2 Å². The van der Waals surface area contributed by atoms with E-state index in [4.69, 9.17) is 9.47 Å². The van der Waals surface area contributed by atoms with Crippen LogP contribution in [0.1, 0.15) is 22.3 Å². The van der Waals surface area contributed by atoms with E-state index in [1.807, 2.05) is 0 Å². The summed E-state index contributed by atoms with van der Waals surface area (Å²) in [4.78, 5) is 11.7. The summed E-state index contributed by atoms with van der Waals surface area (Å²) in [5.41, 5.74) is 0.822. The quantitative estimate of drug-likeness (QED) is 0.721. The lowest BCUT2D eigenvalue weighted by Crippen LogP contribution is -2.18. The second-order valence-electron chi connectivity index (χ2n) is 3.85. The maximum atomic E-state index is 13.0. The summed E-state index contributed by atoms with van der Waals surface area (Å²) < 4.78 is 23.3. The molecule has 1 saturated heterocycles. The summed E-state index contributed by atoms with van der Waals surface area (Å²) in [5.74, 6) is -0.737. The Morgan fingerprint density at radius 2 is 2.38 bits per heavy atom. The second-order valence-corrected chi connectivity index (χ2v) is 3.85. The maximum absolute atomic E-state index is 13.0. The average molecular weight is 224 g/mol. The summed E-state index contributed by atoms with van der Waals surface area (Å²) in [7, 11) is 0. The molecular weight excluding hydrogens is 211 g/mol. The fourth-order valence-electron chi connectivity index (χ4n) is 1.60. The molecule has 86 valence electrons. The van der Waals surface area contributed by atoms with Crippen LogP contribution in [-0.2, 0) is 9.47 Å². The Morgan fingerprint density at radius 3 is 3.00 bits per heavy atom. The number of carbonyl (C=O) groups is 1. The molecule has 0 amide bonds. The lowest BCUT2D eigenvalue weighted by Gasteiger charge is -2.10. The summed E-state index contributed by atoms with van der Waals surface area (Å²) >= 11 is 0. The molecule has 3 nitrogen and oxygen atoms in total. The lowest BCUT2D eigenvalue weighted by molar-refractivity contribution is 0.0270. The van der Waals surface area contributed by atoms with E-state index in [2.05, 4.69) is 0 Å². The topological polar surface area (TPSA) is 35.5 Å². The molecule has 0 saturated carbocycles. The normalized spacial score (nSPS) is 19.8. The Hall–Kier alpha value is -1.42. The molecule has 0 aliphatic carbocycles. The highest BCUT2D eigenvalue weighted by Gasteiger charge is 2.20. The van der Waals surface area contributed by atoms with Crippen molar-refractivity contribution in [1.82, 2.24) is 0 Å². The Labute approximate surface area is 93.2 Å². The van der Waals surface area contributed by atoms with Gasteiger partial charge in [0.15, 0.2) is 0 Å². The molecule has 0 bridgehead atoms. The molecule has 1 aromatic carbocycles. The molecule has 1 aliphatic heterocycles. The minimum absolute atomic E-state index is 0.169. The summed E-state index contributed by atoms with van der Waals surface area (Å²) in [5, 5.41) is 0. The molecule has 0 radical (unpaired) electrons. The smallest absolute Gasteiger partial charge is 0.338 e. The SMILES string of the molecule is Cc1cc(C(=O)O[C@H]2CCOC2)ccc1F. The van der Waals surface area contributed by atoms with Gasteiger partial charge in [0.05, 0.1) is 18.8 Å². The first-order valence-corrected chi connectivity index (χ1v) is 5.21. The van der Waals surface area contributed by atoms with E-state index in [9.17, 15) is 9.18 Å². The van der Waals surface area contributed by atoms with Crippen LogP contribution in [0.15, 0.2) is 18.2 Å². The van der Waals surface area contributed by atoms with Crippen molar-refractivity contribution in [2.45, 2.75) is 19.4 Å². The number of rotatable bonds is 2. The minimum Gasteiger partial charge on any atom is -0.456 e. The van der Waals surface area contributed by atoms with Crippen LogP contribution in [0, 0.1) is 12.7 Å². The zero-order chi connectivity index (χ0) is 11.5. The molecule has 1 aromatic rings. The molecular formula is C12H13FO3. The maximum Gasteiger partial charge on any atom is 0.338 e. The number of esters is 1. The average Bonchev–Trinajstić information content (AvgIpc) is 2.74. The van der Waals surface area contributed by atoms with E-state index >= 15 is 0 Å². The number of carbonyl (C=O) groups excluding carboxylic acids is 1. The molecule has 0 unspecified atom stereocenters. The third-order valence-electron chi connectivity index (χ3n) is 2.56. The van der Waals surface area contributed by atoms with E-state index in [0.717, 1.165) is 6.42 Å². The van der Waals surface area contributed by atoms with Crippen LogP contribution in [0.5, 0.6) is 0 Å². The fraction of sp³-hybridized carbons (Fsp3) is 0.417. The van der Waals surface area contributed by atoms with E-state index < -0.39 is 5.97 Å². The van der Waals surface area contributed by atoms with Gasteiger partial charge in [0.1, 0.15) is 11.9 Å². The lowest BCUT2D eigenvalue weighted by atomic mass is 10.1. The highest BCUT2D eigenvalue weighted by Crippen LogP contribution is 2.14. The highest BCUT2D eigenvalue weighted by molar-refractivity contribution is 5.89. The van der Waals surface area contributed by atoms with Gasteiger partial charge in [0.2, 0.25) is 0 Å². The second kappa shape index (κ2) is 4.61. The monoisotopic (exact) mass is 224 g/mol. The number of hydrogen-bond acceptors (Lipinski definition) is 3. The summed E-state index contributed by atoms with van der Waals surface area (Å²) in [6.45, 7) is 2.69. The highest BCUT2D eigenvalue weighted by atomic mass is 19.1. The Morgan fingerprint density at radius 1 is 1.56 bits per heavy atom. The van der Waals surface area contributed by atoms with Crippen LogP contribution in [-0.4, -0.2) is 25.3 Å². The first-order valence-electron chi connectivity index (χ1n) is 5.21. The van der Waals surface area contributed by atoms with Crippen molar-refractivity contribution in [3.05, 3.63) is 35.1 Å². The van der Waals surface area contributed by atoms with Gasteiger partial charge in [0, 0.05) is 6.42 Å². The van der Waals surface area contributed by atoms with Crippen molar-refractivity contribution in [3.63, 3.8) is 0 Å². The zero-order valence-electron chi connectivity index (χ0n) is 9.03. The first kappa shape index (κ1) is 11.1. The van der Waals surface area contributed by atoms with Crippen LogP contribution in [0.2, 0.25) is 0 Å². The molecule has 1 atom stereocenters. The molecule has 0 N–H and O–H groups in total. The third kappa shape index (κ3) is 2.39. The summed E-state index contributed by atoms with van der Waals surface area (Å²) in [6, 6.07) is 4.20. The molecule has 2 rings (SSSR count). The van der Waals surface area contributed by atoms with E-state index in [1.54, 1.807) is 6.92 Å². The van der Waals surface area contributed by atoms with Crippen LogP contribution in [0.3, 0.4) is 0 Å². The summed E-state index contributed by atoms with van der Waals surface area (Å²) in [6.07, 6.45) is 0.559. The predicted molar refractivity (Wildman–Crippen MR) is 55.8 cm³/mol. The van der Waals surface area contributed by atoms with Crippen molar-refractivity contribution >= 4 is 5.97 Å². The van der Waals surface area contributed by atoms with E-state index in [1.165, 1.54) is 18.2 Å². The Balaban J connectivity index is 2.05. The van der Waals surface area contributed by atoms with Gasteiger partial charge in [-0.15, -0.1) is 0 Å². The van der Waals surface area contributed by atoms with Gasteiger partial charge in [-0.05, 0) is 30.7 Å². The van der Waals surface area contributed by atoms with Crippen LogP contribution in [0.4, 0.5) is 4.39 Å². The van der Waals surface area contributed by atoms with Gasteiger partial charge in [-0.1, -0.05) is 0 Å². The van der Waals surface area contributed by atoms with Gasteiger partial charge in [-0.25, -0.2) is 9.18 Å². The Bertz CT molecular complexity index is 397. The van der Waals surface area contributed by atoms with Crippen LogP contribution in [0.25, 0.3) is 0 Å². The molecule has 0 aromatic heterocycles. The van der Waals surface area contributed by atoms with Gasteiger partial charge in [-0.3, -0.25) is 0 Å². The number of hydrogen-bond donors (Lipinski definition) is 0. The Kier molecular flexibility index (Phi) is 3.19. The predicted octanol–water partition coefficient (Wildman–Crippen LogP) is 2.08. The number of halogens is 1. The third-order valence-corrected chi connectivity index (χ3v) is 2.56. The molecule has 16 heavy (non-hydrogen) atoms. The van der Waals surface area contributed by atoms with Crippen molar-refractivity contribution < 1.29 is 18.7 Å². The van der Waals surface area contributed by atoms with E-state index in [0.29, 0.717) is 24.3 Å². The molecule has 0 spiro atoms. The molecule has 1 fully saturated rings. The fourth-order valence-corrected chi connectivity index (χ4v) is 1.60. The van der Waals surface area contributed by atoms with Crippen LogP contribution >= 0.6 is 0 Å². The first-order chi connectivity index (χ1) is 7.66. The van der Waals surface area contributed by atoms with Crippen molar-refractivity contribution in [2.24, 2.45) is 0 Å². The minimum atomic E-state index is -0.418. The molecule has 4 heteroatoms. The van der Waals surface area contributed by atoms with Crippen molar-refractivity contribution in [1.29, 1.82) is 0 Å². The number of ether oxygens (including phenoxy) is 2. The molecule has 1 aliphatic rings. The van der Waals surface area contributed by atoms with Gasteiger partial charge < -0.3 is 9.47 Å². The number of benzene rings is 1. The molecule has 1 heterocycles. The van der Waals surface area contributed by atoms with Gasteiger partial charge >= 0.3 is 5.97 Å². The van der Waals surface area contributed by atoms with Crippen LogP contribution < -0.4 is 0 Å². The van der Waals surface area contributed by atoms with Crippen molar-refractivity contribution in [3.8, 4) is 0 Å².